The summed E-state index contributed by atoms with van der Waals surface area (Å²) in [7, 11) is -7.35. The van der Waals surface area contributed by atoms with Crippen LogP contribution in [0.25, 0.3) is 0 Å². The molecule has 0 aromatic heterocycles. The molecule has 4 rings (SSSR count). The van der Waals surface area contributed by atoms with Crippen molar-refractivity contribution in [1.82, 2.24) is 0 Å². The van der Waals surface area contributed by atoms with Crippen molar-refractivity contribution >= 4 is 38.6 Å². The summed E-state index contributed by atoms with van der Waals surface area (Å²) in [6.45, 7) is 0.193. The van der Waals surface area contributed by atoms with Crippen LogP contribution >= 0.6 is 14.7 Å². The molecule has 0 saturated carbocycles. The lowest BCUT2D eigenvalue weighted by Gasteiger charge is -2.19. The molecule has 0 spiro atoms. The Morgan fingerprint density at radius 3 is 1.30 bits per heavy atom. The monoisotopic (exact) mass is 780 g/mol. The number of hydrogen-bond acceptors (Lipinski definition) is 8. The summed E-state index contributed by atoms with van der Waals surface area (Å²) in [4.78, 5) is 67.1. The van der Waals surface area contributed by atoms with Gasteiger partial charge < -0.3 is 29.5 Å². The van der Waals surface area contributed by atoms with Gasteiger partial charge in [-0.25, -0.2) is 0 Å². The fraction of sp³-hybridized carbons (Fsp3) is 0.300. The minimum Gasteiger partial charge on any atom is -0.481 e. The van der Waals surface area contributed by atoms with Gasteiger partial charge in [0.25, 0.3) is 0 Å². The van der Waals surface area contributed by atoms with Crippen LogP contribution in [0.5, 0.6) is 0 Å². The molecule has 0 radical (unpaired) electrons. The molecule has 0 heterocycles. The Bertz CT molecular complexity index is 1860. The van der Waals surface area contributed by atoms with Gasteiger partial charge in [0.2, 0.25) is 14.7 Å². The van der Waals surface area contributed by atoms with Crippen molar-refractivity contribution in [1.29, 1.82) is 0 Å². The van der Waals surface area contributed by atoms with Gasteiger partial charge in [-0.2, -0.15) is 0 Å². The molecule has 0 aliphatic rings. The van der Waals surface area contributed by atoms with Gasteiger partial charge in [-0.3, -0.25) is 28.3 Å². The maximum absolute atomic E-state index is 13.0. The largest absolute Gasteiger partial charge is 0.481 e. The van der Waals surface area contributed by atoms with Crippen LogP contribution in [0.1, 0.15) is 47.9 Å². The minimum atomic E-state index is -3.70. The number of carbonyl (C=O) groups is 4. The van der Waals surface area contributed by atoms with Gasteiger partial charge in [-0.05, 0) is 35.1 Å². The highest BCUT2D eigenvalue weighted by atomic mass is 31.2. The lowest BCUT2D eigenvalue weighted by atomic mass is 10.1. The van der Waals surface area contributed by atoms with Crippen LogP contribution in [0.15, 0.2) is 121 Å². The Kier molecular flexibility index (Phi) is 18.0. The van der Waals surface area contributed by atoms with E-state index in [4.69, 9.17) is 19.7 Å². The fourth-order valence-corrected chi connectivity index (χ4v) is 9.25. The quantitative estimate of drug-likeness (QED) is 0.0514. The number of carboxylic acid groups (broad SMARTS) is 2. The van der Waals surface area contributed by atoms with Gasteiger partial charge in [-0.15, -0.1) is 0 Å². The van der Waals surface area contributed by atoms with E-state index in [9.17, 15) is 38.1 Å². The molecule has 0 saturated heterocycles. The molecule has 0 aliphatic carbocycles. The number of carbonyl (C=O) groups excluding carboxylic acids is 2. The average molecular weight is 781 g/mol. The fourth-order valence-electron chi connectivity index (χ4n) is 5.38. The zero-order valence-electron chi connectivity index (χ0n) is 29.7. The molecule has 4 aromatic rings. The molecule has 288 valence electrons. The summed E-state index contributed by atoms with van der Waals surface area (Å²) in [6, 6.07) is 36.1. The van der Waals surface area contributed by atoms with E-state index in [-0.39, 0.29) is 57.4 Å². The molecule has 4 atom stereocenters. The van der Waals surface area contributed by atoms with E-state index in [1.165, 1.54) is 0 Å². The Balaban J connectivity index is 0.000000334. The third-order valence-corrected chi connectivity index (χ3v) is 11.9. The molecule has 4 unspecified atom stereocenters. The van der Waals surface area contributed by atoms with Crippen molar-refractivity contribution in [2.24, 2.45) is 11.8 Å². The summed E-state index contributed by atoms with van der Waals surface area (Å²) >= 11 is 0. The molecular formula is C40H46O12P2. The molecule has 12 nitrogen and oxygen atoms in total. The van der Waals surface area contributed by atoms with Crippen LogP contribution in [0.3, 0.4) is 0 Å². The summed E-state index contributed by atoms with van der Waals surface area (Å²) in [5.74, 6) is -5.44. The molecule has 54 heavy (non-hydrogen) atoms. The van der Waals surface area contributed by atoms with E-state index in [0.717, 1.165) is 11.1 Å². The Labute approximate surface area is 314 Å². The maximum Gasteiger partial charge on any atom is 0.309 e. The normalized spacial score (nSPS) is 14.1. The van der Waals surface area contributed by atoms with E-state index >= 15 is 0 Å². The molecule has 4 N–H and O–H groups in total. The van der Waals surface area contributed by atoms with Crippen molar-refractivity contribution in [3.8, 4) is 0 Å². The maximum atomic E-state index is 13.0. The van der Waals surface area contributed by atoms with Gasteiger partial charge in [0, 0.05) is 37.5 Å². The van der Waals surface area contributed by atoms with Crippen LogP contribution in [0.4, 0.5) is 0 Å². The second-order valence-corrected chi connectivity index (χ2v) is 17.5. The van der Waals surface area contributed by atoms with Crippen molar-refractivity contribution in [2.45, 2.75) is 51.2 Å². The Morgan fingerprint density at radius 2 is 0.889 bits per heavy atom. The van der Waals surface area contributed by atoms with E-state index in [1.54, 1.807) is 54.6 Å². The van der Waals surface area contributed by atoms with Gasteiger partial charge in [0.15, 0.2) is 0 Å². The zero-order chi connectivity index (χ0) is 39.4. The first-order chi connectivity index (χ1) is 25.7. The minimum absolute atomic E-state index is 0.0469. The second-order valence-electron chi connectivity index (χ2n) is 12.8. The van der Waals surface area contributed by atoms with Crippen molar-refractivity contribution in [3.05, 3.63) is 144 Å². The lowest BCUT2D eigenvalue weighted by Crippen LogP contribution is -2.23. The standard InChI is InChI=1S/C27H29O6P.C13H17O6P/c28-26(32-18-22-10-4-1-5-11-22)17-16-25(27(29)33-19-23-12-6-2-7-13-23)21-34(30,31)20-24-14-8-3-9-15-24;14-12(15)7-6-11(13(16)17)9-20(18,19)8-10-4-2-1-3-5-10/h1-15,25H,16-21H2,(H,30,31);1-5,11H,6-9H2,(H,14,15)(H,16,17)(H,18,19). The highest BCUT2D eigenvalue weighted by molar-refractivity contribution is 7.57. The van der Waals surface area contributed by atoms with Gasteiger partial charge in [-0.1, -0.05) is 121 Å². The Morgan fingerprint density at radius 1 is 0.519 bits per heavy atom. The SMILES string of the molecule is O=C(CCC(CP(=O)(O)Cc1ccccc1)C(=O)OCc1ccccc1)OCc1ccccc1.O=C(O)CCC(CP(=O)(O)Cc1ccccc1)C(=O)O. The first-order valence-corrected chi connectivity index (χ1v) is 21.3. The summed E-state index contributed by atoms with van der Waals surface area (Å²) in [5.41, 5.74) is 3.04. The molecule has 0 fully saturated rings. The molecule has 0 aliphatic heterocycles. The number of carboxylic acids is 2. The van der Waals surface area contributed by atoms with E-state index < -0.39 is 56.6 Å². The van der Waals surface area contributed by atoms with E-state index in [2.05, 4.69) is 0 Å². The predicted octanol–water partition coefficient (Wildman–Crippen LogP) is 7.36. The molecule has 0 amide bonds. The van der Waals surface area contributed by atoms with E-state index in [0.29, 0.717) is 11.1 Å². The summed E-state index contributed by atoms with van der Waals surface area (Å²) in [5, 5.41) is 17.5. The third kappa shape index (κ3) is 17.8. The van der Waals surface area contributed by atoms with Crippen LogP contribution < -0.4 is 0 Å². The van der Waals surface area contributed by atoms with Crippen molar-refractivity contribution < 1.29 is 57.8 Å². The third-order valence-electron chi connectivity index (χ3n) is 8.11. The molecule has 14 heteroatoms. The number of benzene rings is 4. The number of rotatable bonds is 20. The summed E-state index contributed by atoms with van der Waals surface area (Å²) in [6.07, 6.45) is -1.29. The van der Waals surface area contributed by atoms with Crippen LogP contribution in [-0.4, -0.2) is 56.2 Å². The first-order valence-electron chi connectivity index (χ1n) is 17.3. The highest BCUT2D eigenvalue weighted by Crippen LogP contribution is 2.48. The second kappa shape index (κ2) is 22.4. The Hall–Kier alpha value is -4.86. The van der Waals surface area contributed by atoms with Gasteiger partial charge in [0.1, 0.15) is 13.2 Å². The molecule has 0 bridgehead atoms. The number of hydrogen-bond donors (Lipinski definition) is 4. The smallest absolute Gasteiger partial charge is 0.309 e. The predicted molar refractivity (Wildman–Crippen MR) is 203 cm³/mol. The molecular weight excluding hydrogens is 734 g/mol. The van der Waals surface area contributed by atoms with Crippen molar-refractivity contribution in [2.75, 3.05) is 12.3 Å². The molecule has 4 aromatic carbocycles. The van der Waals surface area contributed by atoms with Gasteiger partial charge >= 0.3 is 23.9 Å². The number of aliphatic carboxylic acids is 2. The summed E-state index contributed by atoms with van der Waals surface area (Å²) < 4.78 is 35.8. The highest BCUT2D eigenvalue weighted by Gasteiger charge is 2.31. The lowest BCUT2D eigenvalue weighted by molar-refractivity contribution is -0.151. The van der Waals surface area contributed by atoms with Gasteiger partial charge in [0.05, 0.1) is 11.8 Å². The van der Waals surface area contributed by atoms with Crippen LogP contribution in [0.2, 0.25) is 0 Å². The number of ether oxygens (including phenoxy) is 2. The topological polar surface area (TPSA) is 202 Å². The zero-order valence-corrected chi connectivity index (χ0v) is 31.5. The van der Waals surface area contributed by atoms with Crippen LogP contribution in [0, 0.1) is 11.8 Å². The van der Waals surface area contributed by atoms with Crippen molar-refractivity contribution in [3.63, 3.8) is 0 Å². The van der Waals surface area contributed by atoms with Crippen LogP contribution in [-0.2, 0) is 63.3 Å². The number of esters is 2. The average Bonchev–Trinajstić information content (AvgIpc) is 3.14. The first kappa shape index (κ1) is 43.5. The van der Waals surface area contributed by atoms with E-state index in [1.807, 2.05) is 66.7 Å².